The van der Waals surface area contributed by atoms with Gasteiger partial charge >= 0.3 is 5.97 Å². The Labute approximate surface area is 185 Å². The molecule has 0 spiro atoms. The number of Topliss-reactive ketones (excluding diaryl/α,β-unsaturated/α-hetero) is 1. The molecular formula is C24H30F2O6. The van der Waals surface area contributed by atoms with E-state index in [9.17, 15) is 24.6 Å². The van der Waals surface area contributed by atoms with Crippen LogP contribution in [0.2, 0.25) is 0 Å². The van der Waals surface area contributed by atoms with Gasteiger partial charge < -0.3 is 14.9 Å². The second-order valence-corrected chi connectivity index (χ2v) is 10.4. The van der Waals surface area contributed by atoms with Crippen LogP contribution in [0.3, 0.4) is 0 Å². The van der Waals surface area contributed by atoms with Crippen LogP contribution < -0.4 is 0 Å². The quantitative estimate of drug-likeness (QED) is 0.638. The number of hydrogen-bond donors (Lipinski definition) is 2. The van der Waals surface area contributed by atoms with Crippen molar-refractivity contribution in [3.63, 3.8) is 0 Å². The minimum atomic E-state index is -2.28. The van der Waals surface area contributed by atoms with Gasteiger partial charge in [0.2, 0.25) is 5.78 Å². The molecule has 0 aliphatic heterocycles. The van der Waals surface area contributed by atoms with E-state index in [1.807, 2.05) is 0 Å². The first-order valence-corrected chi connectivity index (χ1v) is 11.1. The van der Waals surface area contributed by atoms with Gasteiger partial charge in [-0.1, -0.05) is 19.9 Å². The van der Waals surface area contributed by atoms with Crippen molar-refractivity contribution in [1.29, 1.82) is 0 Å². The van der Waals surface area contributed by atoms with Gasteiger partial charge in [0.05, 0.1) is 6.10 Å². The number of allylic oxidation sites excluding steroid dienone is 4. The molecule has 2 unspecified atom stereocenters. The van der Waals surface area contributed by atoms with E-state index in [1.165, 1.54) is 19.1 Å². The van der Waals surface area contributed by atoms with Crippen molar-refractivity contribution in [3.05, 3.63) is 23.8 Å². The number of fused-ring (bicyclic) bond motifs is 5. The molecule has 176 valence electrons. The van der Waals surface area contributed by atoms with Gasteiger partial charge in [0.1, 0.15) is 12.8 Å². The number of esters is 1. The fourth-order valence-electron chi connectivity index (χ4n) is 7.74. The third-order valence-electron chi connectivity index (χ3n) is 9.03. The summed E-state index contributed by atoms with van der Waals surface area (Å²) in [5, 5.41) is 21.0. The molecule has 4 rings (SSSR count). The molecule has 9 atom stereocenters. The van der Waals surface area contributed by atoms with Crippen LogP contribution in [0.1, 0.15) is 47.0 Å². The summed E-state index contributed by atoms with van der Waals surface area (Å²) in [6.45, 7) is 5.16. The molecule has 32 heavy (non-hydrogen) atoms. The van der Waals surface area contributed by atoms with Crippen LogP contribution >= 0.6 is 0 Å². The minimum absolute atomic E-state index is 0.0233. The van der Waals surface area contributed by atoms with E-state index in [-0.39, 0.29) is 24.8 Å². The lowest BCUT2D eigenvalue weighted by Crippen LogP contribution is -2.71. The lowest BCUT2D eigenvalue weighted by molar-refractivity contribution is -0.231. The van der Waals surface area contributed by atoms with Gasteiger partial charge in [0.15, 0.2) is 17.1 Å². The first-order chi connectivity index (χ1) is 14.8. The Balaban J connectivity index is 1.89. The number of aliphatic hydroxyl groups excluding tert-OH is 2. The van der Waals surface area contributed by atoms with E-state index >= 15 is 8.78 Å². The van der Waals surface area contributed by atoms with Gasteiger partial charge in [-0.05, 0) is 49.8 Å². The van der Waals surface area contributed by atoms with Crippen LogP contribution in [-0.4, -0.2) is 57.9 Å². The normalized spacial score (nSPS) is 49.6. The van der Waals surface area contributed by atoms with Gasteiger partial charge in [-0.15, -0.1) is 0 Å². The standard InChI is InChI=1S/C24H30F2O6/c1-12-7-15-16-9-18(25)17-8-14(29)5-6-21(17,3)23(16,26)19(30)10-22(15,4)24(12,20(31)11-27)32-13(2)28/h5-6,8,12,15-16,18-19,27,30H,7,9-11H2,1-4H3/t12-,15?,16?,18-,19-,21-,22-,23-,24-/m0/s1. The fraction of sp³-hybridized carbons (Fsp3) is 0.708. The molecule has 0 aromatic carbocycles. The maximum absolute atomic E-state index is 17.1. The van der Waals surface area contributed by atoms with Gasteiger partial charge in [0.25, 0.3) is 0 Å². The van der Waals surface area contributed by atoms with Crippen molar-refractivity contribution in [2.45, 2.75) is 70.5 Å². The zero-order valence-electron chi connectivity index (χ0n) is 18.7. The minimum Gasteiger partial charge on any atom is -0.450 e. The summed E-state index contributed by atoms with van der Waals surface area (Å²) in [6.07, 6.45) is 0.273. The van der Waals surface area contributed by atoms with Crippen LogP contribution in [-0.2, 0) is 19.1 Å². The highest BCUT2D eigenvalue weighted by atomic mass is 19.1. The van der Waals surface area contributed by atoms with Crippen molar-refractivity contribution in [2.75, 3.05) is 6.61 Å². The highest BCUT2D eigenvalue weighted by Crippen LogP contribution is 2.71. The average Bonchev–Trinajstić information content (AvgIpc) is 2.92. The van der Waals surface area contributed by atoms with Crippen LogP contribution in [0.4, 0.5) is 8.78 Å². The SMILES string of the molecule is CC(=O)O[C@]1(C(=O)CO)[C@@H](C)CC2C3C[C@H](F)C4=CC(=O)C=C[C@]4(C)[C@@]3(F)[C@@H](O)C[C@@]21C. The maximum atomic E-state index is 17.1. The zero-order valence-corrected chi connectivity index (χ0v) is 18.7. The number of alkyl halides is 2. The van der Waals surface area contributed by atoms with Gasteiger partial charge in [-0.2, -0.15) is 0 Å². The highest BCUT2D eigenvalue weighted by Gasteiger charge is 2.77. The molecule has 0 aromatic rings. The summed E-state index contributed by atoms with van der Waals surface area (Å²) >= 11 is 0. The third kappa shape index (κ3) is 2.54. The molecule has 4 aliphatic carbocycles. The second-order valence-electron chi connectivity index (χ2n) is 10.4. The lowest BCUT2D eigenvalue weighted by atomic mass is 9.44. The summed E-state index contributed by atoms with van der Waals surface area (Å²) in [7, 11) is 0. The number of ketones is 2. The van der Waals surface area contributed by atoms with Gasteiger partial charge in [-0.25, -0.2) is 8.78 Å². The molecule has 0 amide bonds. The fourth-order valence-corrected chi connectivity index (χ4v) is 7.74. The largest absolute Gasteiger partial charge is 0.450 e. The molecule has 4 aliphatic rings. The van der Waals surface area contributed by atoms with Crippen molar-refractivity contribution in [2.24, 2.45) is 28.6 Å². The molecule has 6 nitrogen and oxygen atoms in total. The Kier molecular flexibility index (Phi) is 5.11. The van der Waals surface area contributed by atoms with Crippen LogP contribution in [0, 0.1) is 28.6 Å². The first kappa shape index (κ1) is 23.2. The number of ether oxygens (including phenoxy) is 1. The smallest absolute Gasteiger partial charge is 0.303 e. The first-order valence-electron chi connectivity index (χ1n) is 11.1. The summed E-state index contributed by atoms with van der Waals surface area (Å²) < 4.78 is 38.1. The molecule has 0 saturated heterocycles. The third-order valence-corrected chi connectivity index (χ3v) is 9.03. The Hall–Kier alpha value is -1.93. The maximum Gasteiger partial charge on any atom is 0.303 e. The predicted molar refractivity (Wildman–Crippen MR) is 110 cm³/mol. The van der Waals surface area contributed by atoms with E-state index in [0.717, 1.165) is 13.0 Å². The number of rotatable bonds is 3. The predicted octanol–water partition coefficient (Wildman–Crippen LogP) is 2.41. The highest BCUT2D eigenvalue weighted by molar-refractivity contribution is 6.01. The van der Waals surface area contributed by atoms with Crippen LogP contribution in [0.25, 0.3) is 0 Å². The van der Waals surface area contributed by atoms with E-state index in [2.05, 4.69) is 0 Å². The lowest BCUT2D eigenvalue weighted by Gasteiger charge is -2.63. The van der Waals surface area contributed by atoms with Crippen molar-refractivity contribution >= 4 is 17.5 Å². The Morgan fingerprint density at radius 3 is 2.50 bits per heavy atom. The van der Waals surface area contributed by atoms with E-state index in [0.29, 0.717) is 0 Å². The number of halogens is 2. The van der Waals surface area contributed by atoms with Crippen molar-refractivity contribution in [3.8, 4) is 0 Å². The Morgan fingerprint density at radius 1 is 1.25 bits per heavy atom. The van der Waals surface area contributed by atoms with E-state index in [4.69, 9.17) is 4.74 Å². The molecular weight excluding hydrogens is 422 g/mol. The van der Waals surface area contributed by atoms with Crippen molar-refractivity contribution in [1.82, 2.24) is 0 Å². The molecule has 0 radical (unpaired) electrons. The van der Waals surface area contributed by atoms with E-state index < -0.39 is 76.3 Å². The van der Waals surface area contributed by atoms with Crippen molar-refractivity contribution < 1.29 is 38.1 Å². The summed E-state index contributed by atoms with van der Waals surface area (Å²) in [5.74, 6) is -3.99. The molecule has 2 N–H and O–H groups in total. The van der Waals surface area contributed by atoms with Gasteiger partial charge in [-0.3, -0.25) is 14.4 Å². The number of hydrogen-bond acceptors (Lipinski definition) is 6. The number of carbonyl (C=O) groups excluding carboxylic acids is 3. The topological polar surface area (TPSA) is 101 Å². The summed E-state index contributed by atoms with van der Waals surface area (Å²) in [5.41, 5.74) is -6.74. The molecule has 3 fully saturated rings. The Morgan fingerprint density at radius 2 is 1.91 bits per heavy atom. The molecule has 0 aromatic heterocycles. The monoisotopic (exact) mass is 452 g/mol. The van der Waals surface area contributed by atoms with E-state index in [1.54, 1.807) is 13.8 Å². The van der Waals surface area contributed by atoms with Crippen LogP contribution in [0.5, 0.6) is 0 Å². The molecule has 3 saturated carbocycles. The van der Waals surface area contributed by atoms with Gasteiger partial charge in [0, 0.05) is 29.6 Å². The van der Waals surface area contributed by atoms with Crippen LogP contribution in [0.15, 0.2) is 23.8 Å². The molecule has 0 bridgehead atoms. The average molecular weight is 452 g/mol. The summed E-state index contributed by atoms with van der Waals surface area (Å²) in [4.78, 5) is 37.0. The number of aliphatic hydroxyl groups is 2. The molecule has 8 heteroatoms. The zero-order chi connectivity index (χ0) is 23.9. The second kappa shape index (κ2) is 7.03. The number of carbonyl (C=O) groups is 3. The molecule has 0 heterocycles. The Bertz CT molecular complexity index is 945. The summed E-state index contributed by atoms with van der Waals surface area (Å²) in [6, 6.07) is 0.